The minimum absolute atomic E-state index is 0.388. The summed E-state index contributed by atoms with van der Waals surface area (Å²) in [7, 11) is 3.26. The van der Waals surface area contributed by atoms with Gasteiger partial charge in [-0.1, -0.05) is 0 Å². The molecule has 1 radical (unpaired) electrons. The van der Waals surface area contributed by atoms with Crippen LogP contribution in [0.3, 0.4) is 0 Å². The maximum Gasteiger partial charge on any atom is 0.146 e. The number of hydrogen-bond acceptors (Lipinski definition) is 4. The summed E-state index contributed by atoms with van der Waals surface area (Å²) < 4.78 is 19.9. The van der Waals surface area contributed by atoms with Gasteiger partial charge in [-0.3, -0.25) is 0 Å². The average Bonchev–Trinajstić information content (AvgIpc) is 2.35. The monoisotopic (exact) mass is 248 g/mol. The van der Waals surface area contributed by atoms with Crippen LogP contribution in [-0.2, 0) is 18.9 Å². The Morgan fingerprint density at radius 2 is 1.18 bits per heavy atom. The van der Waals surface area contributed by atoms with Gasteiger partial charge in [0.1, 0.15) is 13.6 Å². The van der Waals surface area contributed by atoms with Gasteiger partial charge < -0.3 is 18.9 Å². The van der Waals surface area contributed by atoms with Crippen LogP contribution in [0.5, 0.6) is 0 Å². The Labute approximate surface area is 105 Å². The van der Waals surface area contributed by atoms with Crippen LogP contribution in [0.2, 0.25) is 0 Å². The molecule has 0 aliphatic carbocycles. The first kappa shape index (κ1) is 16.8. The fraction of sp³-hybridized carbons (Fsp3) is 1.00. The zero-order valence-corrected chi connectivity index (χ0v) is 11.2. The highest BCUT2D eigenvalue weighted by atomic mass is 16.7. The molecule has 0 spiro atoms. The predicted octanol–water partition coefficient (Wildman–Crippen LogP) is 1.39. The van der Waals surface area contributed by atoms with E-state index in [0.29, 0.717) is 13.6 Å². The van der Waals surface area contributed by atoms with Crippen molar-refractivity contribution < 1.29 is 18.9 Å². The van der Waals surface area contributed by atoms with Crippen LogP contribution in [0.1, 0.15) is 25.7 Å². The lowest BCUT2D eigenvalue weighted by Gasteiger charge is -2.04. The van der Waals surface area contributed by atoms with Crippen molar-refractivity contribution in [1.82, 2.24) is 5.32 Å². The molecule has 0 fully saturated rings. The summed E-state index contributed by atoms with van der Waals surface area (Å²) in [6, 6.07) is 0. The summed E-state index contributed by atoms with van der Waals surface area (Å²) in [6.07, 6.45) is 4.27. The summed E-state index contributed by atoms with van der Waals surface area (Å²) >= 11 is 0. The second-order valence-electron chi connectivity index (χ2n) is 3.71. The van der Waals surface area contributed by atoms with Crippen LogP contribution in [0.15, 0.2) is 0 Å². The largest absolute Gasteiger partial charge is 0.359 e. The van der Waals surface area contributed by atoms with Crippen LogP contribution < -0.4 is 5.32 Å². The number of methoxy groups -OCH3 is 2. The molecule has 0 bridgehead atoms. The van der Waals surface area contributed by atoms with E-state index in [2.05, 4.69) is 5.32 Å². The molecule has 0 N–H and O–H groups in total. The first-order valence-electron chi connectivity index (χ1n) is 6.18. The van der Waals surface area contributed by atoms with Gasteiger partial charge in [0.15, 0.2) is 0 Å². The molecule has 0 aromatic rings. The van der Waals surface area contributed by atoms with Gasteiger partial charge in [-0.15, -0.1) is 0 Å². The molecule has 5 nitrogen and oxygen atoms in total. The van der Waals surface area contributed by atoms with E-state index in [4.69, 9.17) is 18.9 Å². The first-order valence-corrected chi connectivity index (χ1v) is 6.18. The van der Waals surface area contributed by atoms with Crippen LogP contribution >= 0.6 is 0 Å². The lowest BCUT2D eigenvalue weighted by Crippen LogP contribution is -2.10. The van der Waals surface area contributed by atoms with E-state index >= 15 is 0 Å². The SMILES string of the molecule is COCOCCCC[N]CCCCOCOC. The van der Waals surface area contributed by atoms with E-state index < -0.39 is 0 Å². The summed E-state index contributed by atoms with van der Waals surface area (Å²) in [5.41, 5.74) is 0. The van der Waals surface area contributed by atoms with Crippen LogP contribution in [-0.4, -0.2) is 54.1 Å². The second-order valence-corrected chi connectivity index (χ2v) is 3.71. The Balaban J connectivity index is 2.85. The number of unbranched alkanes of at least 4 members (excludes halogenated alkanes) is 2. The number of ether oxygens (including phenoxy) is 4. The van der Waals surface area contributed by atoms with Crippen molar-refractivity contribution in [1.29, 1.82) is 0 Å². The molecular formula is C12H26NO4. The normalized spacial score (nSPS) is 10.9. The molecule has 0 aromatic carbocycles. The lowest BCUT2D eigenvalue weighted by molar-refractivity contribution is -0.0316. The molecule has 0 aromatic heterocycles. The second kappa shape index (κ2) is 15.8. The average molecular weight is 248 g/mol. The summed E-state index contributed by atoms with van der Waals surface area (Å²) in [5, 5.41) is 4.43. The highest BCUT2D eigenvalue weighted by molar-refractivity contribution is 4.48. The fourth-order valence-electron chi connectivity index (χ4n) is 1.25. The Hall–Kier alpha value is -0.200. The molecule has 0 atom stereocenters. The van der Waals surface area contributed by atoms with Gasteiger partial charge in [-0.05, 0) is 25.7 Å². The molecular weight excluding hydrogens is 222 g/mol. The van der Waals surface area contributed by atoms with Crippen molar-refractivity contribution in [2.75, 3.05) is 54.1 Å². The van der Waals surface area contributed by atoms with E-state index in [9.17, 15) is 0 Å². The van der Waals surface area contributed by atoms with Gasteiger partial charge in [-0.2, -0.15) is 0 Å². The molecule has 17 heavy (non-hydrogen) atoms. The van der Waals surface area contributed by atoms with Crippen molar-refractivity contribution in [2.24, 2.45) is 0 Å². The molecule has 0 heterocycles. The van der Waals surface area contributed by atoms with Crippen LogP contribution in [0.25, 0.3) is 0 Å². The van der Waals surface area contributed by atoms with Crippen LogP contribution in [0, 0.1) is 0 Å². The van der Waals surface area contributed by atoms with E-state index in [-0.39, 0.29) is 0 Å². The lowest BCUT2D eigenvalue weighted by atomic mass is 10.3. The van der Waals surface area contributed by atoms with Crippen molar-refractivity contribution in [3.63, 3.8) is 0 Å². The molecule has 0 rings (SSSR count). The van der Waals surface area contributed by atoms with Crippen molar-refractivity contribution in [3.05, 3.63) is 0 Å². The smallest absolute Gasteiger partial charge is 0.146 e. The van der Waals surface area contributed by atoms with Gasteiger partial charge in [0, 0.05) is 40.5 Å². The van der Waals surface area contributed by atoms with Crippen molar-refractivity contribution >= 4 is 0 Å². The molecule has 103 valence electrons. The van der Waals surface area contributed by atoms with E-state index in [1.165, 1.54) is 0 Å². The number of hydrogen-bond donors (Lipinski definition) is 0. The first-order chi connectivity index (χ1) is 8.41. The Bertz CT molecular complexity index is 122. The Morgan fingerprint density at radius 3 is 1.59 bits per heavy atom. The van der Waals surface area contributed by atoms with Gasteiger partial charge in [0.25, 0.3) is 0 Å². The Kier molecular flexibility index (Phi) is 15.6. The van der Waals surface area contributed by atoms with Gasteiger partial charge >= 0.3 is 0 Å². The third kappa shape index (κ3) is 15.8. The van der Waals surface area contributed by atoms with E-state index in [1.54, 1.807) is 14.2 Å². The molecule has 0 amide bonds. The summed E-state index contributed by atoms with van der Waals surface area (Å²) in [4.78, 5) is 0. The minimum Gasteiger partial charge on any atom is -0.359 e. The summed E-state index contributed by atoms with van der Waals surface area (Å²) in [5.74, 6) is 0. The highest BCUT2D eigenvalue weighted by Gasteiger charge is 1.92. The molecule has 0 saturated heterocycles. The predicted molar refractivity (Wildman–Crippen MR) is 66.0 cm³/mol. The van der Waals surface area contributed by atoms with Gasteiger partial charge in [-0.25, -0.2) is 5.32 Å². The highest BCUT2D eigenvalue weighted by Crippen LogP contribution is 1.92. The number of rotatable bonds is 14. The Morgan fingerprint density at radius 1 is 0.706 bits per heavy atom. The molecule has 5 heteroatoms. The molecule has 0 saturated carbocycles. The van der Waals surface area contributed by atoms with E-state index in [1.807, 2.05) is 0 Å². The standard InChI is InChI=1S/C12H26NO4/c1-14-11-16-9-5-3-7-13-8-4-6-10-17-12-15-2/h3-12H2,1-2H3. The quantitative estimate of drug-likeness (QED) is 0.344. The maximum atomic E-state index is 5.17. The zero-order chi connectivity index (χ0) is 12.6. The van der Waals surface area contributed by atoms with E-state index in [0.717, 1.165) is 52.0 Å². The maximum absolute atomic E-state index is 5.17. The molecule has 0 aliphatic rings. The van der Waals surface area contributed by atoms with Gasteiger partial charge in [0.2, 0.25) is 0 Å². The zero-order valence-electron chi connectivity index (χ0n) is 11.2. The topological polar surface area (TPSA) is 51.0 Å². The third-order valence-electron chi connectivity index (χ3n) is 2.11. The van der Waals surface area contributed by atoms with Gasteiger partial charge in [0.05, 0.1) is 0 Å². The van der Waals surface area contributed by atoms with Crippen LogP contribution in [0.4, 0.5) is 0 Å². The fourth-order valence-corrected chi connectivity index (χ4v) is 1.25. The third-order valence-corrected chi connectivity index (χ3v) is 2.11. The number of nitrogens with zero attached hydrogens (tertiary/aromatic N) is 1. The van der Waals surface area contributed by atoms with Crippen molar-refractivity contribution in [2.45, 2.75) is 25.7 Å². The summed E-state index contributed by atoms with van der Waals surface area (Å²) in [6.45, 7) is 4.14. The molecule has 0 aliphatic heterocycles. The van der Waals surface area contributed by atoms with Crippen molar-refractivity contribution in [3.8, 4) is 0 Å². The minimum atomic E-state index is 0.388. The molecule has 0 unspecified atom stereocenters.